The number of alkyl halides is 1. The Morgan fingerprint density at radius 2 is 2.42 bits per heavy atom. The minimum Gasteiger partial charge on any atom is -0.385 e. The second-order valence-corrected chi connectivity index (χ2v) is 5.15. The Morgan fingerprint density at radius 3 is 3.05 bits per heavy atom. The lowest BCUT2D eigenvalue weighted by Crippen LogP contribution is -2.47. The molecule has 1 aliphatic heterocycles. The number of amides is 1. The molecule has 4 nitrogen and oxygen atoms in total. The standard InChI is InChI=1S/C14H18ClNO3/c1-10-14(18,5-6-19-10)9-16-13(17)12-4-2-3-11(7-12)8-15/h2-4,7,10,18H,5-6,8-9H2,1H3,(H,16,17). The van der Waals surface area contributed by atoms with Crippen LogP contribution in [-0.4, -0.2) is 35.9 Å². The first-order valence-corrected chi connectivity index (χ1v) is 6.86. The third-order valence-corrected chi connectivity index (χ3v) is 3.87. The van der Waals surface area contributed by atoms with Crippen LogP contribution in [0.15, 0.2) is 24.3 Å². The Hall–Kier alpha value is -1.10. The molecular weight excluding hydrogens is 266 g/mol. The Labute approximate surface area is 117 Å². The number of hydrogen-bond acceptors (Lipinski definition) is 3. The lowest BCUT2D eigenvalue weighted by molar-refractivity contribution is -0.0251. The van der Waals surface area contributed by atoms with E-state index in [1.165, 1.54) is 0 Å². The number of aliphatic hydroxyl groups is 1. The monoisotopic (exact) mass is 283 g/mol. The maximum absolute atomic E-state index is 12.0. The maximum atomic E-state index is 12.0. The minimum atomic E-state index is -0.972. The van der Waals surface area contributed by atoms with Gasteiger partial charge in [-0.2, -0.15) is 0 Å². The molecule has 5 heteroatoms. The second-order valence-electron chi connectivity index (χ2n) is 4.88. The summed E-state index contributed by atoms with van der Waals surface area (Å²) in [5, 5.41) is 13.0. The van der Waals surface area contributed by atoms with E-state index >= 15 is 0 Å². The number of ether oxygens (including phenoxy) is 1. The van der Waals surface area contributed by atoms with E-state index in [-0.39, 0.29) is 18.6 Å². The van der Waals surface area contributed by atoms with E-state index in [0.717, 1.165) is 5.56 Å². The van der Waals surface area contributed by atoms with Gasteiger partial charge < -0.3 is 15.2 Å². The van der Waals surface area contributed by atoms with Gasteiger partial charge >= 0.3 is 0 Å². The summed E-state index contributed by atoms with van der Waals surface area (Å²) in [6.07, 6.45) is 0.276. The SMILES string of the molecule is CC1OCCC1(O)CNC(=O)c1cccc(CCl)c1. The topological polar surface area (TPSA) is 58.6 Å². The second kappa shape index (κ2) is 5.90. The van der Waals surface area contributed by atoms with Crippen molar-refractivity contribution in [2.45, 2.75) is 30.9 Å². The van der Waals surface area contributed by atoms with Crippen LogP contribution in [0.4, 0.5) is 0 Å². The van der Waals surface area contributed by atoms with Crippen molar-refractivity contribution < 1.29 is 14.6 Å². The number of carbonyl (C=O) groups is 1. The molecule has 2 unspecified atom stereocenters. The molecule has 1 saturated heterocycles. The molecule has 0 spiro atoms. The summed E-state index contributed by atoms with van der Waals surface area (Å²) in [6.45, 7) is 2.53. The molecule has 0 saturated carbocycles. The van der Waals surface area contributed by atoms with E-state index in [1.807, 2.05) is 13.0 Å². The van der Waals surface area contributed by atoms with E-state index in [0.29, 0.717) is 24.5 Å². The van der Waals surface area contributed by atoms with Crippen molar-refractivity contribution in [2.24, 2.45) is 0 Å². The van der Waals surface area contributed by atoms with Crippen molar-refractivity contribution in [1.29, 1.82) is 0 Å². The van der Waals surface area contributed by atoms with Gasteiger partial charge in [0.25, 0.3) is 5.91 Å². The van der Waals surface area contributed by atoms with Gasteiger partial charge in [-0.05, 0) is 24.6 Å². The summed E-state index contributed by atoms with van der Waals surface area (Å²) in [5.41, 5.74) is 0.471. The van der Waals surface area contributed by atoms with Crippen LogP contribution in [0.2, 0.25) is 0 Å². The van der Waals surface area contributed by atoms with Crippen molar-refractivity contribution in [1.82, 2.24) is 5.32 Å². The Morgan fingerprint density at radius 1 is 1.63 bits per heavy atom. The zero-order valence-electron chi connectivity index (χ0n) is 10.9. The molecule has 0 aliphatic carbocycles. The zero-order valence-corrected chi connectivity index (χ0v) is 11.6. The zero-order chi connectivity index (χ0) is 13.9. The summed E-state index contributed by atoms with van der Waals surface area (Å²) in [4.78, 5) is 12.0. The van der Waals surface area contributed by atoms with Crippen LogP contribution >= 0.6 is 11.6 Å². The fraction of sp³-hybridized carbons (Fsp3) is 0.500. The van der Waals surface area contributed by atoms with Crippen molar-refractivity contribution in [3.63, 3.8) is 0 Å². The number of hydrogen-bond donors (Lipinski definition) is 2. The fourth-order valence-electron chi connectivity index (χ4n) is 2.13. The average molecular weight is 284 g/mol. The smallest absolute Gasteiger partial charge is 0.251 e. The Kier molecular flexibility index (Phi) is 4.45. The van der Waals surface area contributed by atoms with E-state index in [1.54, 1.807) is 18.2 Å². The highest BCUT2D eigenvalue weighted by Crippen LogP contribution is 2.24. The van der Waals surface area contributed by atoms with Gasteiger partial charge in [0.2, 0.25) is 0 Å². The average Bonchev–Trinajstić information content (AvgIpc) is 2.76. The quantitative estimate of drug-likeness (QED) is 0.827. The van der Waals surface area contributed by atoms with Crippen LogP contribution in [0, 0.1) is 0 Å². The molecule has 1 aromatic rings. The van der Waals surface area contributed by atoms with E-state index in [2.05, 4.69) is 5.32 Å². The summed E-state index contributed by atoms with van der Waals surface area (Å²) in [6, 6.07) is 7.14. The number of nitrogens with one attached hydrogen (secondary N) is 1. The first-order valence-electron chi connectivity index (χ1n) is 6.32. The van der Waals surface area contributed by atoms with E-state index < -0.39 is 5.60 Å². The molecule has 19 heavy (non-hydrogen) atoms. The van der Waals surface area contributed by atoms with E-state index in [4.69, 9.17) is 16.3 Å². The van der Waals surface area contributed by atoms with Crippen LogP contribution in [0.3, 0.4) is 0 Å². The maximum Gasteiger partial charge on any atom is 0.251 e. The van der Waals surface area contributed by atoms with Crippen LogP contribution in [-0.2, 0) is 10.6 Å². The fourth-order valence-corrected chi connectivity index (χ4v) is 2.30. The van der Waals surface area contributed by atoms with Crippen LogP contribution < -0.4 is 5.32 Å². The van der Waals surface area contributed by atoms with Crippen molar-refractivity contribution in [2.75, 3.05) is 13.2 Å². The van der Waals surface area contributed by atoms with Gasteiger partial charge in [-0.1, -0.05) is 12.1 Å². The molecular formula is C14H18ClNO3. The predicted octanol–water partition coefficient (Wildman–Crippen LogP) is 1.70. The van der Waals surface area contributed by atoms with Gasteiger partial charge in [0, 0.05) is 31.0 Å². The number of rotatable bonds is 4. The Balaban J connectivity index is 1.97. The molecule has 0 bridgehead atoms. The third-order valence-electron chi connectivity index (χ3n) is 3.56. The van der Waals surface area contributed by atoms with Gasteiger partial charge in [-0.3, -0.25) is 4.79 Å². The van der Waals surface area contributed by atoms with Gasteiger partial charge in [0.15, 0.2) is 0 Å². The molecule has 1 amide bonds. The lowest BCUT2D eigenvalue weighted by Gasteiger charge is -2.26. The van der Waals surface area contributed by atoms with E-state index in [9.17, 15) is 9.90 Å². The molecule has 1 aliphatic rings. The van der Waals surface area contributed by atoms with Gasteiger partial charge in [-0.25, -0.2) is 0 Å². The minimum absolute atomic E-state index is 0.193. The van der Waals surface area contributed by atoms with Crippen molar-refractivity contribution in [3.8, 4) is 0 Å². The highest BCUT2D eigenvalue weighted by Gasteiger charge is 2.39. The number of benzene rings is 1. The number of carbonyl (C=O) groups excluding carboxylic acids is 1. The molecule has 1 aromatic carbocycles. The molecule has 1 heterocycles. The van der Waals surface area contributed by atoms with Gasteiger partial charge in [0.1, 0.15) is 5.60 Å². The molecule has 0 aromatic heterocycles. The van der Waals surface area contributed by atoms with Crippen molar-refractivity contribution >= 4 is 17.5 Å². The lowest BCUT2D eigenvalue weighted by atomic mass is 9.96. The predicted molar refractivity (Wildman–Crippen MR) is 73.3 cm³/mol. The summed E-state index contributed by atoms with van der Waals surface area (Å²) in [5.74, 6) is 0.162. The van der Waals surface area contributed by atoms with Crippen LogP contribution in [0.5, 0.6) is 0 Å². The van der Waals surface area contributed by atoms with Crippen LogP contribution in [0.25, 0.3) is 0 Å². The highest BCUT2D eigenvalue weighted by molar-refractivity contribution is 6.17. The molecule has 104 valence electrons. The molecule has 1 fully saturated rings. The summed E-state index contributed by atoms with van der Waals surface area (Å²) < 4.78 is 5.32. The first kappa shape index (κ1) is 14.3. The largest absolute Gasteiger partial charge is 0.385 e. The highest BCUT2D eigenvalue weighted by atomic mass is 35.5. The number of halogens is 1. The first-order chi connectivity index (χ1) is 9.05. The summed E-state index contributed by atoms with van der Waals surface area (Å²) in [7, 11) is 0. The third kappa shape index (κ3) is 3.26. The summed E-state index contributed by atoms with van der Waals surface area (Å²) >= 11 is 5.74. The van der Waals surface area contributed by atoms with Gasteiger partial charge in [0.05, 0.1) is 6.10 Å². The molecule has 0 radical (unpaired) electrons. The normalized spacial score (nSPS) is 26.4. The van der Waals surface area contributed by atoms with Crippen LogP contribution in [0.1, 0.15) is 29.3 Å². The molecule has 2 rings (SSSR count). The van der Waals surface area contributed by atoms with Crippen molar-refractivity contribution in [3.05, 3.63) is 35.4 Å². The molecule has 2 N–H and O–H groups in total. The van der Waals surface area contributed by atoms with Gasteiger partial charge in [-0.15, -0.1) is 11.6 Å². The molecule has 2 atom stereocenters. The Bertz CT molecular complexity index is 466.